The van der Waals surface area contributed by atoms with Crippen molar-refractivity contribution in [1.29, 1.82) is 0 Å². The third kappa shape index (κ3) is 4.07. The minimum absolute atomic E-state index is 0.490. The van der Waals surface area contributed by atoms with Gasteiger partial charge in [-0.05, 0) is 26.2 Å². The quantitative estimate of drug-likeness (QED) is 0.658. The molecular weight excluding hydrogens is 150 g/mol. The summed E-state index contributed by atoms with van der Waals surface area (Å²) in [6, 6.07) is 1.14. The molecule has 0 aliphatic heterocycles. The van der Waals surface area contributed by atoms with Gasteiger partial charge in [-0.15, -0.1) is 0 Å². The molecule has 0 bridgehead atoms. The SMILES string of the molecule is COCC(C)NC(C)CC1CC1. The number of ether oxygens (including phenoxy) is 1. The van der Waals surface area contributed by atoms with Crippen molar-refractivity contribution in [3.63, 3.8) is 0 Å². The molecule has 1 rings (SSSR count). The predicted octanol–water partition coefficient (Wildman–Crippen LogP) is 1.80. The highest BCUT2D eigenvalue weighted by Gasteiger charge is 2.23. The maximum absolute atomic E-state index is 5.06. The van der Waals surface area contributed by atoms with Crippen molar-refractivity contribution in [2.24, 2.45) is 5.92 Å². The Bertz CT molecular complexity index is 123. The van der Waals surface area contributed by atoms with E-state index in [1.165, 1.54) is 19.3 Å². The molecule has 0 radical (unpaired) electrons. The standard InChI is InChI=1S/C10H21NO/c1-8(6-10-4-5-10)11-9(2)7-12-3/h8-11H,4-7H2,1-3H3. The van der Waals surface area contributed by atoms with Gasteiger partial charge in [-0.3, -0.25) is 0 Å². The highest BCUT2D eigenvalue weighted by atomic mass is 16.5. The summed E-state index contributed by atoms with van der Waals surface area (Å²) in [4.78, 5) is 0. The van der Waals surface area contributed by atoms with Crippen molar-refractivity contribution in [3.8, 4) is 0 Å². The lowest BCUT2D eigenvalue weighted by Crippen LogP contribution is -2.37. The van der Waals surface area contributed by atoms with Gasteiger partial charge in [0.05, 0.1) is 6.61 Å². The average molecular weight is 171 g/mol. The van der Waals surface area contributed by atoms with Crippen LogP contribution in [0.5, 0.6) is 0 Å². The van der Waals surface area contributed by atoms with E-state index in [-0.39, 0.29) is 0 Å². The second-order valence-electron chi connectivity index (χ2n) is 4.10. The topological polar surface area (TPSA) is 21.3 Å². The normalized spacial score (nSPS) is 22.2. The van der Waals surface area contributed by atoms with E-state index in [0.717, 1.165) is 12.5 Å². The summed E-state index contributed by atoms with van der Waals surface area (Å²) >= 11 is 0. The summed E-state index contributed by atoms with van der Waals surface area (Å²) in [5.41, 5.74) is 0. The van der Waals surface area contributed by atoms with Crippen LogP contribution in [0.3, 0.4) is 0 Å². The van der Waals surface area contributed by atoms with Crippen LogP contribution in [0.1, 0.15) is 33.1 Å². The second-order valence-corrected chi connectivity index (χ2v) is 4.10. The first kappa shape index (κ1) is 10.0. The van der Waals surface area contributed by atoms with Crippen LogP contribution < -0.4 is 5.32 Å². The molecule has 72 valence electrons. The van der Waals surface area contributed by atoms with Crippen LogP contribution in [0.4, 0.5) is 0 Å². The van der Waals surface area contributed by atoms with Crippen LogP contribution in [-0.2, 0) is 4.74 Å². The van der Waals surface area contributed by atoms with Gasteiger partial charge >= 0.3 is 0 Å². The van der Waals surface area contributed by atoms with Crippen LogP contribution in [0.25, 0.3) is 0 Å². The van der Waals surface area contributed by atoms with Gasteiger partial charge < -0.3 is 10.1 Å². The second kappa shape index (κ2) is 4.83. The minimum atomic E-state index is 0.490. The summed E-state index contributed by atoms with van der Waals surface area (Å²) in [5, 5.41) is 3.53. The van der Waals surface area contributed by atoms with E-state index in [1.54, 1.807) is 7.11 Å². The van der Waals surface area contributed by atoms with E-state index >= 15 is 0 Å². The molecule has 1 aliphatic carbocycles. The number of nitrogens with one attached hydrogen (secondary N) is 1. The lowest BCUT2D eigenvalue weighted by Gasteiger charge is -2.18. The van der Waals surface area contributed by atoms with Gasteiger partial charge in [0, 0.05) is 19.2 Å². The average Bonchev–Trinajstić information content (AvgIpc) is 2.71. The van der Waals surface area contributed by atoms with Gasteiger partial charge in [-0.25, -0.2) is 0 Å². The third-order valence-corrected chi connectivity index (χ3v) is 2.37. The molecule has 0 spiro atoms. The van der Waals surface area contributed by atoms with E-state index in [2.05, 4.69) is 19.2 Å². The summed E-state index contributed by atoms with van der Waals surface area (Å²) in [7, 11) is 1.75. The summed E-state index contributed by atoms with van der Waals surface area (Å²) in [6.45, 7) is 5.26. The van der Waals surface area contributed by atoms with Crippen LogP contribution in [0.15, 0.2) is 0 Å². The predicted molar refractivity (Wildman–Crippen MR) is 51.3 cm³/mol. The molecule has 2 atom stereocenters. The molecule has 0 amide bonds. The van der Waals surface area contributed by atoms with Gasteiger partial charge in [0.25, 0.3) is 0 Å². The Kier molecular flexibility index (Phi) is 4.02. The van der Waals surface area contributed by atoms with Gasteiger partial charge in [-0.1, -0.05) is 12.8 Å². The van der Waals surface area contributed by atoms with Crippen LogP contribution in [0.2, 0.25) is 0 Å². The Balaban J connectivity index is 2.02. The number of hydrogen-bond acceptors (Lipinski definition) is 2. The molecule has 0 heterocycles. The minimum Gasteiger partial charge on any atom is -0.383 e. The summed E-state index contributed by atoms with van der Waals surface area (Å²) in [6.07, 6.45) is 4.24. The van der Waals surface area contributed by atoms with Gasteiger partial charge in [0.2, 0.25) is 0 Å². The molecule has 2 nitrogen and oxygen atoms in total. The smallest absolute Gasteiger partial charge is 0.0613 e. The van der Waals surface area contributed by atoms with Crippen LogP contribution >= 0.6 is 0 Å². The zero-order chi connectivity index (χ0) is 8.97. The van der Waals surface area contributed by atoms with E-state index in [9.17, 15) is 0 Å². The van der Waals surface area contributed by atoms with E-state index < -0.39 is 0 Å². The number of methoxy groups -OCH3 is 1. The first-order chi connectivity index (χ1) is 5.72. The molecule has 1 saturated carbocycles. The summed E-state index contributed by atoms with van der Waals surface area (Å²) < 4.78 is 5.06. The molecule has 0 aromatic rings. The molecule has 2 heteroatoms. The zero-order valence-electron chi connectivity index (χ0n) is 8.47. The molecule has 0 saturated heterocycles. The Morgan fingerprint density at radius 3 is 2.50 bits per heavy atom. The molecular formula is C10H21NO. The largest absolute Gasteiger partial charge is 0.383 e. The fourth-order valence-electron chi connectivity index (χ4n) is 1.71. The van der Waals surface area contributed by atoms with E-state index in [1.807, 2.05) is 0 Å². The van der Waals surface area contributed by atoms with Crippen molar-refractivity contribution >= 4 is 0 Å². The molecule has 1 fully saturated rings. The Morgan fingerprint density at radius 1 is 1.33 bits per heavy atom. The molecule has 1 aliphatic rings. The highest BCUT2D eigenvalue weighted by molar-refractivity contribution is 4.79. The van der Waals surface area contributed by atoms with Crippen molar-refractivity contribution in [3.05, 3.63) is 0 Å². The fourth-order valence-corrected chi connectivity index (χ4v) is 1.71. The zero-order valence-corrected chi connectivity index (χ0v) is 8.47. The first-order valence-electron chi connectivity index (χ1n) is 4.97. The Morgan fingerprint density at radius 2 is 2.00 bits per heavy atom. The van der Waals surface area contributed by atoms with E-state index in [0.29, 0.717) is 12.1 Å². The molecule has 2 unspecified atom stereocenters. The van der Waals surface area contributed by atoms with Crippen LogP contribution in [0, 0.1) is 5.92 Å². The lowest BCUT2D eigenvalue weighted by atomic mass is 10.1. The van der Waals surface area contributed by atoms with Crippen molar-refractivity contribution in [2.45, 2.75) is 45.2 Å². The van der Waals surface area contributed by atoms with Gasteiger partial charge in [0.15, 0.2) is 0 Å². The fraction of sp³-hybridized carbons (Fsp3) is 1.00. The molecule has 0 aromatic heterocycles. The Labute approximate surface area is 75.7 Å². The molecule has 1 N–H and O–H groups in total. The van der Waals surface area contributed by atoms with Crippen LogP contribution in [-0.4, -0.2) is 25.8 Å². The van der Waals surface area contributed by atoms with Crippen molar-refractivity contribution in [2.75, 3.05) is 13.7 Å². The third-order valence-electron chi connectivity index (χ3n) is 2.37. The number of hydrogen-bond donors (Lipinski definition) is 1. The first-order valence-corrected chi connectivity index (χ1v) is 4.97. The van der Waals surface area contributed by atoms with Gasteiger partial charge in [-0.2, -0.15) is 0 Å². The maximum Gasteiger partial charge on any atom is 0.0613 e. The van der Waals surface area contributed by atoms with E-state index in [4.69, 9.17) is 4.74 Å². The monoisotopic (exact) mass is 171 g/mol. The maximum atomic E-state index is 5.06. The number of rotatable bonds is 6. The van der Waals surface area contributed by atoms with Gasteiger partial charge in [0.1, 0.15) is 0 Å². The van der Waals surface area contributed by atoms with Crippen molar-refractivity contribution < 1.29 is 4.74 Å². The lowest BCUT2D eigenvalue weighted by molar-refractivity contribution is 0.166. The highest BCUT2D eigenvalue weighted by Crippen LogP contribution is 2.33. The van der Waals surface area contributed by atoms with Crippen molar-refractivity contribution in [1.82, 2.24) is 5.32 Å². The summed E-state index contributed by atoms with van der Waals surface area (Å²) in [5.74, 6) is 1.02. The molecule has 12 heavy (non-hydrogen) atoms. The molecule has 0 aromatic carbocycles. The Hall–Kier alpha value is -0.0800.